The van der Waals surface area contributed by atoms with Crippen molar-refractivity contribution in [3.8, 4) is 5.75 Å². The standard InChI is InChI=1S/C15H20N2O4/c1-15(2,13(18)19)17(3)14(20)16-11-8-9-21-12-7-5-4-6-10(11)12/h4-7,11H,8-9H2,1-3H3,(H,16,20)(H,18,19). The number of nitrogens with zero attached hydrogens (tertiary/aromatic N) is 1. The van der Waals surface area contributed by atoms with Gasteiger partial charge in [-0.05, 0) is 19.9 Å². The molecule has 21 heavy (non-hydrogen) atoms. The van der Waals surface area contributed by atoms with E-state index in [9.17, 15) is 14.7 Å². The monoisotopic (exact) mass is 292 g/mol. The Kier molecular flexibility index (Phi) is 4.06. The van der Waals surface area contributed by atoms with E-state index in [2.05, 4.69) is 5.32 Å². The minimum atomic E-state index is -1.27. The highest BCUT2D eigenvalue weighted by atomic mass is 16.5. The summed E-state index contributed by atoms with van der Waals surface area (Å²) in [5.74, 6) is -0.290. The lowest BCUT2D eigenvalue weighted by Crippen LogP contribution is -2.54. The van der Waals surface area contributed by atoms with E-state index in [1.807, 2.05) is 24.3 Å². The molecule has 1 aromatic rings. The Balaban J connectivity index is 2.13. The van der Waals surface area contributed by atoms with Crippen molar-refractivity contribution in [3.05, 3.63) is 29.8 Å². The van der Waals surface area contributed by atoms with Crippen LogP contribution in [0, 0.1) is 0 Å². The van der Waals surface area contributed by atoms with Gasteiger partial charge in [0.15, 0.2) is 0 Å². The summed E-state index contributed by atoms with van der Waals surface area (Å²) < 4.78 is 5.54. The number of aliphatic carboxylic acids is 1. The van der Waals surface area contributed by atoms with Crippen molar-refractivity contribution in [1.29, 1.82) is 0 Å². The number of carboxylic acids is 1. The van der Waals surface area contributed by atoms with Gasteiger partial charge in [0.25, 0.3) is 0 Å². The summed E-state index contributed by atoms with van der Waals surface area (Å²) in [5, 5.41) is 12.1. The lowest BCUT2D eigenvalue weighted by atomic mass is 10.0. The van der Waals surface area contributed by atoms with Gasteiger partial charge in [0.05, 0.1) is 12.6 Å². The molecular weight excluding hydrogens is 272 g/mol. The molecule has 0 aromatic heterocycles. The van der Waals surface area contributed by atoms with Crippen molar-refractivity contribution in [2.45, 2.75) is 31.8 Å². The van der Waals surface area contributed by atoms with Crippen LogP contribution in [0.3, 0.4) is 0 Å². The van der Waals surface area contributed by atoms with Crippen LogP contribution in [0.25, 0.3) is 0 Å². The van der Waals surface area contributed by atoms with Crippen molar-refractivity contribution in [2.75, 3.05) is 13.7 Å². The zero-order valence-electron chi connectivity index (χ0n) is 12.4. The van der Waals surface area contributed by atoms with Crippen LogP contribution in [0.15, 0.2) is 24.3 Å². The number of likely N-dealkylation sites (N-methyl/N-ethyl adjacent to an activating group) is 1. The zero-order chi connectivity index (χ0) is 15.6. The van der Waals surface area contributed by atoms with E-state index in [0.717, 1.165) is 11.3 Å². The molecule has 114 valence electrons. The maximum atomic E-state index is 12.3. The van der Waals surface area contributed by atoms with E-state index in [4.69, 9.17) is 4.74 Å². The molecule has 0 aliphatic carbocycles. The quantitative estimate of drug-likeness (QED) is 0.893. The van der Waals surface area contributed by atoms with Gasteiger partial charge in [-0.3, -0.25) is 0 Å². The first-order valence-corrected chi connectivity index (χ1v) is 6.83. The molecule has 1 aromatic carbocycles. The van der Waals surface area contributed by atoms with Crippen molar-refractivity contribution in [2.24, 2.45) is 0 Å². The van der Waals surface area contributed by atoms with Crippen LogP contribution >= 0.6 is 0 Å². The normalized spacial score (nSPS) is 17.4. The molecule has 0 spiro atoms. The molecule has 2 rings (SSSR count). The smallest absolute Gasteiger partial charge is 0.329 e. The molecule has 2 N–H and O–H groups in total. The number of urea groups is 1. The Hall–Kier alpha value is -2.24. The second-order valence-corrected chi connectivity index (χ2v) is 5.60. The number of carboxylic acid groups (broad SMARTS) is 1. The molecule has 1 atom stereocenters. The average molecular weight is 292 g/mol. The molecule has 0 bridgehead atoms. The maximum absolute atomic E-state index is 12.3. The van der Waals surface area contributed by atoms with Crippen LogP contribution in [0.2, 0.25) is 0 Å². The molecule has 1 heterocycles. The molecule has 1 unspecified atom stereocenters. The van der Waals surface area contributed by atoms with Gasteiger partial charge in [0.1, 0.15) is 11.3 Å². The summed E-state index contributed by atoms with van der Waals surface area (Å²) in [4.78, 5) is 24.7. The van der Waals surface area contributed by atoms with E-state index >= 15 is 0 Å². The van der Waals surface area contributed by atoms with Gasteiger partial charge in [-0.15, -0.1) is 0 Å². The van der Waals surface area contributed by atoms with Gasteiger partial charge in [0.2, 0.25) is 0 Å². The number of hydrogen-bond acceptors (Lipinski definition) is 3. The number of amides is 2. The number of fused-ring (bicyclic) bond motifs is 1. The van der Waals surface area contributed by atoms with E-state index in [0.29, 0.717) is 13.0 Å². The number of ether oxygens (including phenoxy) is 1. The number of carbonyl (C=O) groups is 2. The van der Waals surface area contributed by atoms with E-state index in [-0.39, 0.29) is 6.04 Å². The molecular formula is C15H20N2O4. The fourth-order valence-electron chi connectivity index (χ4n) is 2.14. The number of benzene rings is 1. The molecule has 1 aliphatic rings. The van der Waals surface area contributed by atoms with Crippen LogP contribution in [0.4, 0.5) is 4.79 Å². The molecule has 0 saturated heterocycles. The zero-order valence-corrected chi connectivity index (χ0v) is 12.4. The molecule has 0 fully saturated rings. The van der Waals surface area contributed by atoms with Crippen LogP contribution in [-0.2, 0) is 4.79 Å². The largest absolute Gasteiger partial charge is 0.493 e. The van der Waals surface area contributed by atoms with Gasteiger partial charge in [-0.1, -0.05) is 18.2 Å². The van der Waals surface area contributed by atoms with Gasteiger partial charge >= 0.3 is 12.0 Å². The average Bonchev–Trinajstić information content (AvgIpc) is 2.46. The molecule has 0 radical (unpaired) electrons. The summed E-state index contributed by atoms with van der Waals surface area (Å²) in [6.07, 6.45) is 0.657. The highest BCUT2D eigenvalue weighted by Gasteiger charge is 2.36. The van der Waals surface area contributed by atoms with Crippen molar-refractivity contribution in [3.63, 3.8) is 0 Å². The number of carbonyl (C=O) groups excluding carboxylic acids is 1. The van der Waals surface area contributed by atoms with Gasteiger partial charge in [-0.25, -0.2) is 9.59 Å². The fraction of sp³-hybridized carbons (Fsp3) is 0.467. The van der Waals surface area contributed by atoms with Crippen molar-refractivity contribution >= 4 is 12.0 Å². The van der Waals surface area contributed by atoms with Crippen LogP contribution in [0.5, 0.6) is 5.75 Å². The second kappa shape index (κ2) is 5.63. The summed E-state index contributed by atoms with van der Waals surface area (Å²) >= 11 is 0. The predicted molar refractivity (Wildman–Crippen MR) is 77.3 cm³/mol. The van der Waals surface area contributed by atoms with Gasteiger partial charge in [0, 0.05) is 19.0 Å². The van der Waals surface area contributed by atoms with E-state index < -0.39 is 17.5 Å². The molecule has 6 heteroatoms. The van der Waals surface area contributed by atoms with Gasteiger partial charge in [-0.2, -0.15) is 0 Å². The minimum Gasteiger partial charge on any atom is -0.493 e. The number of para-hydroxylation sites is 1. The summed E-state index contributed by atoms with van der Waals surface area (Å²) in [7, 11) is 1.48. The van der Waals surface area contributed by atoms with Crippen LogP contribution in [0.1, 0.15) is 31.9 Å². The fourth-order valence-corrected chi connectivity index (χ4v) is 2.14. The number of hydrogen-bond donors (Lipinski definition) is 2. The SMILES string of the molecule is CN(C(=O)NC1CCOc2ccccc21)C(C)(C)C(=O)O. The first-order valence-electron chi connectivity index (χ1n) is 6.83. The lowest BCUT2D eigenvalue weighted by molar-refractivity contribution is -0.146. The first-order chi connectivity index (χ1) is 9.84. The highest BCUT2D eigenvalue weighted by Crippen LogP contribution is 2.31. The topological polar surface area (TPSA) is 78.9 Å². The third-order valence-corrected chi connectivity index (χ3v) is 3.92. The lowest BCUT2D eigenvalue weighted by Gasteiger charge is -2.34. The molecule has 1 aliphatic heterocycles. The Morgan fingerprint density at radius 1 is 1.38 bits per heavy atom. The van der Waals surface area contributed by atoms with E-state index in [1.54, 1.807) is 0 Å². The minimum absolute atomic E-state index is 0.172. The first kappa shape index (κ1) is 15.2. The van der Waals surface area contributed by atoms with Crippen molar-refractivity contribution in [1.82, 2.24) is 10.2 Å². The Morgan fingerprint density at radius 3 is 2.71 bits per heavy atom. The van der Waals surface area contributed by atoms with Gasteiger partial charge < -0.3 is 20.1 Å². The highest BCUT2D eigenvalue weighted by molar-refractivity contribution is 5.85. The molecule has 2 amide bonds. The second-order valence-electron chi connectivity index (χ2n) is 5.60. The summed E-state index contributed by atoms with van der Waals surface area (Å²) in [5.41, 5.74) is -0.354. The maximum Gasteiger partial charge on any atom is 0.329 e. The van der Waals surface area contributed by atoms with Crippen molar-refractivity contribution < 1.29 is 19.4 Å². The Bertz CT molecular complexity index is 556. The number of rotatable bonds is 3. The third kappa shape index (κ3) is 2.94. The van der Waals surface area contributed by atoms with E-state index in [1.165, 1.54) is 25.8 Å². The third-order valence-electron chi connectivity index (χ3n) is 3.92. The van der Waals surface area contributed by atoms with Crippen LogP contribution < -0.4 is 10.1 Å². The van der Waals surface area contributed by atoms with Crippen LogP contribution in [-0.4, -0.2) is 41.2 Å². The Morgan fingerprint density at radius 2 is 2.05 bits per heavy atom. The number of nitrogens with one attached hydrogen (secondary N) is 1. The molecule has 0 saturated carbocycles. The summed E-state index contributed by atoms with van der Waals surface area (Å²) in [6.45, 7) is 3.51. The Labute approximate surface area is 123 Å². The summed E-state index contributed by atoms with van der Waals surface area (Å²) in [6, 6.07) is 6.94. The molecule has 6 nitrogen and oxygen atoms in total. The predicted octanol–water partition coefficient (Wildman–Crippen LogP) is 2.01.